The van der Waals surface area contributed by atoms with Crippen molar-refractivity contribution in [2.24, 2.45) is 4.99 Å². The number of fused-ring (bicyclic) bond motifs is 3. The summed E-state index contributed by atoms with van der Waals surface area (Å²) in [7, 11) is 0. The molecule has 4 heteroatoms. The normalized spacial score (nSPS) is 12.3. The van der Waals surface area contributed by atoms with E-state index >= 15 is 0 Å². The third-order valence-corrected chi connectivity index (χ3v) is 2.26. The Morgan fingerprint density at radius 3 is 2.87 bits per heavy atom. The van der Waals surface area contributed by atoms with Gasteiger partial charge in [-0.1, -0.05) is 0 Å². The molecule has 0 unspecified atom stereocenters. The first-order valence-electron chi connectivity index (χ1n) is 4.64. The van der Waals surface area contributed by atoms with Gasteiger partial charge in [0.25, 0.3) is 0 Å². The molecule has 0 spiro atoms. The number of hydrogen-bond donors (Lipinski definition) is 1. The van der Waals surface area contributed by atoms with Crippen molar-refractivity contribution in [3.8, 4) is 11.3 Å². The van der Waals surface area contributed by atoms with E-state index in [4.69, 9.17) is 0 Å². The number of rotatable bonds is 0. The van der Waals surface area contributed by atoms with Crippen LogP contribution in [0.4, 0.5) is 11.5 Å². The molecular weight excluding hydrogens is 188 g/mol. The van der Waals surface area contributed by atoms with Gasteiger partial charge in [0.15, 0.2) is 5.82 Å². The molecule has 2 aromatic rings. The van der Waals surface area contributed by atoms with Gasteiger partial charge in [0.2, 0.25) is 0 Å². The molecule has 1 aliphatic rings. The predicted octanol–water partition coefficient (Wildman–Crippen LogP) is 2.23. The highest BCUT2D eigenvalue weighted by atomic mass is 15.0. The van der Waals surface area contributed by atoms with Crippen molar-refractivity contribution < 1.29 is 0 Å². The molecule has 2 aromatic heterocycles. The molecular formula is C11H8N4. The van der Waals surface area contributed by atoms with E-state index in [9.17, 15) is 0 Å². The summed E-state index contributed by atoms with van der Waals surface area (Å²) in [4.78, 5) is 12.8. The van der Waals surface area contributed by atoms with E-state index in [1.165, 1.54) is 0 Å². The van der Waals surface area contributed by atoms with Crippen molar-refractivity contribution in [3.63, 3.8) is 0 Å². The first kappa shape index (κ1) is 8.11. The van der Waals surface area contributed by atoms with Crippen LogP contribution >= 0.6 is 0 Å². The highest BCUT2D eigenvalue weighted by Gasteiger charge is 2.12. The summed E-state index contributed by atoms with van der Waals surface area (Å²) < 4.78 is 0. The molecule has 1 N–H and O–H groups in total. The largest absolute Gasteiger partial charge is 0.345 e. The van der Waals surface area contributed by atoms with E-state index in [1.807, 2.05) is 24.3 Å². The number of nitrogens with one attached hydrogen (secondary N) is 1. The van der Waals surface area contributed by atoms with Gasteiger partial charge in [-0.2, -0.15) is 0 Å². The van der Waals surface area contributed by atoms with Crippen LogP contribution in [0.3, 0.4) is 0 Å². The van der Waals surface area contributed by atoms with Crippen LogP contribution in [0, 0.1) is 0 Å². The van der Waals surface area contributed by atoms with E-state index in [1.54, 1.807) is 18.7 Å². The van der Waals surface area contributed by atoms with Gasteiger partial charge in [0.05, 0.1) is 17.7 Å². The summed E-state index contributed by atoms with van der Waals surface area (Å²) in [5.41, 5.74) is 2.79. The molecule has 0 radical (unpaired) electrons. The zero-order valence-electron chi connectivity index (χ0n) is 7.88. The van der Waals surface area contributed by atoms with Gasteiger partial charge in [-0.3, -0.25) is 4.98 Å². The fourth-order valence-electron chi connectivity index (χ4n) is 1.58. The molecule has 0 saturated carbocycles. The average Bonchev–Trinajstić information content (AvgIpc) is 2.48. The minimum Gasteiger partial charge on any atom is -0.345 e. The Hall–Kier alpha value is -2.23. The van der Waals surface area contributed by atoms with Crippen molar-refractivity contribution in [2.45, 2.75) is 0 Å². The summed E-state index contributed by atoms with van der Waals surface area (Å²) >= 11 is 0. The maximum Gasteiger partial charge on any atom is 0.163 e. The molecule has 4 nitrogen and oxygen atoms in total. The number of pyridine rings is 2. The fourth-order valence-corrected chi connectivity index (χ4v) is 1.58. The van der Waals surface area contributed by atoms with Gasteiger partial charge < -0.3 is 5.32 Å². The van der Waals surface area contributed by atoms with Gasteiger partial charge >= 0.3 is 0 Å². The Balaban J connectivity index is 2.33. The highest BCUT2D eigenvalue weighted by molar-refractivity contribution is 5.92. The summed E-state index contributed by atoms with van der Waals surface area (Å²) in [6, 6.07) is 7.72. The molecule has 0 aromatic carbocycles. The lowest BCUT2D eigenvalue weighted by Gasteiger charge is -2.05. The lowest BCUT2D eigenvalue weighted by Crippen LogP contribution is -1.95. The summed E-state index contributed by atoms with van der Waals surface area (Å²) in [6.45, 7) is 0. The van der Waals surface area contributed by atoms with Crippen LogP contribution in [0.2, 0.25) is 0 Å². The minimum absolute atomic E-state index is 0.697. The number of hydrogen-bond acceptors (Lipinski definition) is 4. The minimum atomic E-state index is 0.697. The second-order valence-corrected chi connectivity index (χ2v) is 3.18. The lowest BCUT2D eigenvalue weighted by atomic mass is 10.1. The molecule has 0 atom stereocenters. The second-order valence-electron chi connectivity index (χ2n) is 3.18. The number of nitrogens with zero attached hydrogens (tertiary/aromatic N) is 3. The van der Waals surface area contributed by atoms with Crippen LogP contribution in [-0.4, -0.2) is 16.3 Å². The third kappa shape index (κ3) is 1.27. The van der Waals surface area contributed by atoms with Crippen LogP contribution in [0.15, 0.2) is 41.7 Å². The van der Waals surface area contributed by atoms with Crippen LogP contribution in [0.25, 0.3) is 11.3 Å². The van der Waals surface area contributed by atoms with Crippen molar-refractivity contribution >= 4 is 17.8 Å². The predicted molar refractivity (Wildman–Crippen MR) is 59.2 cm³/mol. The Bertz CT molecular complexity index is 534. The fraction of sp³-hybridized carbons (Fsp3) is 0. The van der Waals surface area contributed by atoms with Gasteiger partial charge in [0, 0.05) is 18.0 Å². The third-order valence-electron chi connectivity index (χ3n) is 2.26. The van der Waals surface area contributed by atoms with Crippen molar-refractivity contribution in [3.05, 3.63) is 36.7 Å². The average molecular weight is 196 g/mol. The van der Waals surface area contributed by atoms with Crippen LogP contribution in [-0.2, 0) is 0 Å². The topological polar surface area (TPSA) is 50.2 Å². The molecule has 3 rings (SSSR count). The Morgan fingerprint density at radius 2 is 1.87 bits per heavy atom. The van der Waals surface area contributed by atoms with Crippen LogP contribution < -0.4 is 5.32 Å². The molecule has 0 aliphatic carbocycles. The van der Waals surface area contributed by atoms with E-state index in [0.717, 1.165) is 16.9 Å². The van der Waals surface area contributed by atoms with Crippen molar-refractivity contribution in [1.29, 1.82) is 0 Å². The second kappa shape index (κ2) is 3.16. The molecule has 15 heavy (non-hydrogen) atoms. The highest BCUT2D eigenvalue weighted by Crippen LogP contribution is 2.32. The van der Waals surface area contributed by atoms with E-state index in [-0.39, 0.29) is 0 Å². The van der Waals surface area contributed by atoms with Crippen LogP contribution in [0.5, 0.6) is 0 Å². The quantitative estimate of drug-likeness (QED) is 0.702. The zero-order chi connectivity index (χ0) is 10.1. The lowest BCUT2D eigenvalue weighted by molar-refractivity contribution is 1.26. The Labute approximate surface area is 86.7 Å². The van der Waals surface area contributed by atoms with E-state index in [2.05, 4.69) is 20.3 Å². The first-order chi connectivity index (χ1) is 7.45. The number of aliphatic imine (C=N–C) groups is 1. The number of anilines is 1. The SMILES string of the molecule is C1=Nc2ncccc2-c2ncccc2N1. The molecule has 3 heterocycles. The molecule has 0 fully saturated rings. The maximum atomic E-state index is 4.34. The van der Waals surface area contributed by atoms with Gasteiger partial charge in [-0.15, -0.1) is 0 Å². The Kier molecular flexibility index (Phi) is 1.71. The monoisotopic (exact) mass is 196 g/mol. The zero-order valence-corrected chi connectivity index (χ0v) is 7.88. The summed E-state index contributed by atoms with van der Waals surface area (Å²) in [5.74, 6) is 0.697. The number of aromatic nitrogens is 2. The van der Waals surface area contributed by atoms with Gasteiger partial charge in [0.1, 0.15) is 0 Å². The van der Waals surface area contributed by atoms with Crippen molar-refractivity contribution in [1.82, 2.24) is 9.97 Å². The van der Waals surface area contributed by atoms with E-state index in [0.29, 0.717) is 5.82 Å². The summed E-state index contributed by atoms with van der Waals surface area (Å²) in [6.07, 6.45) is 5.13. The standard InChI is InChI=1S/C11H8N4/c1-3-8-10-9(4-2-5-12-10)14-7-15-11(8)13-6-1/h1-7H,(H,13,14,15). The molecule has 0 bridgehead atoms. The molecule has 1 aliphatic heterocycles. The van der Waals surface area contributed by atoms with E-state index < -0.39 is 0 Å². The van der Waals surface area contributed by atoms with Crippen molar-refractivity contribution in [2.75, 3.05) is 5.32 Å². The summed E-state index contributed by atoms with van der Waals surface area (Å²) in [5, 5.41) is 3.08. The Morgan fingerprint density at radius 1 is 1.00 bits per heavy atom. The molecule has 0 saturated heterocycles. The molecule has 72 valence electrons. The van der Waals surface area contributed by atoms with Gasteiger partial charge in [-0.05, 0) is 24.3 Å². The van der Waals surface area contributed by atoms with Crippen LogP contribution in [0.1, 0.15) is 0 Å². The smallest absolute Gasteiger partial charge is 0.163 e. The van der Waals surface area contributed by atoms with Gasteiger partial charge in [-0.25, -0.2) is 9.98 Å². The maximum absolute atomic E-state index is 4.34. The molecule has 0 amide bonds. The first-order valence-corrected chi connectivity index (χ1v) is 4.64.